The fourth-order valence-corrected chi connectivity index (χ4v) is 3.44. The molecule has 0 atom stereocenters. The van der Waals surface area contributed by atoms with Crippen LogP contribution in [0.2, 0.25) is 0 Å². The predicted octanol–water partition coefficient (Wildman–Crippen LogP) is 2.66. The predicted molar refractivity (Wildman–Crippen MR) is 88.1 cm³/mol. The number of nitrogens with zero attached hydrogens (tertiary/aromatic N) is 3. The molecule has 4 nitrogen and oxygen atoms in total. The SMILES string of the molecule is O=C(Cc1cccc(F)c1)N1CCc2ncnc(C3CC3)c2CC1. The van der Waals surface area contributed by atoms with Gasteiger partial charge in [-0.3, -0.25) is 4.79 Å². The Morgan fingerprint density at radius 1 is 1.21 bits per heavy atom. The molecule has 1 aliphatic carbocycles. The van der Waals surface area contributed by atoms with Gasteiger partial charge in [-0.05, 0) is 42.5 Å². The van der Waals surface area contributed by atoms with Gasteiger partial charge in [0.25, 0.3) is 0 Å². The lowest BCUT2D eigenvalue weighted by Crippen LogP contribution is -2.34. The molecule has 1 fully saturated rings. The van der Waals surface area contributed by atoms with Gasteiger partial charge in [0.2, 0.25) is 5.91 Å². The van der Waals surface area contributed by atoms with E-state index < -0.39 is 0 Å². The summed E-state index contributed by atoms with van der Waals surface area (Å²) in [5.41, 5.74) is 4.26. The standard InChI is InChI=1S/C19H20FN3O/c20-15-3-1-2-13(10-15)11-18(24)23-8-6-16-17(7-9-23)21-12-22-19(16)14-4-5-14/h1-3,10,12,14H,4-9,11H2. The molecule has 1 aromatic heterocycles. The van der Waals surface area contributed by atoms with E-state index in [1.165, 1.54) is 36.2 Å². The fraction of sp³-hybridized carbons (Fsp3) is 0.421. The third-order valence-corrected chi connectivity index (χ3v) is 4.88. The highest BCUT2D eigenvalue weighted by atomic mass is 19.1. The number of carbonyl (C=O) groups is 1. The molecule has 2 aromatic rings. The van der Waals surface area contributed by atoms with Crippen LogP contribution in [0.5, 0.6) is 0 Å². The van der Waals surface area contributed by atoms with Crippen molar-refractivity contribution in [3.63, 3.8) is 0 Å². The second kappa shape index (κ2) is 6.30. The number of carbonyl (C=O) groups excluding carboxylic acids is 1. The minimum absolute atomic E-state index is 0.0503. The van der Waals surface area contributed by atoms with E-state index >= 15 is 0 Å². The monoisotopic (exact) mass is 325 g/mol. The smallest absolute Gasteiger partial charge is 0.227 e. The Morgan fingerprint density at radius 2 is 2.04 bits per heavy atom. The van der Waals surface area contributed by atoms with Crippen LogP contribution in [-0.4, -0.2) is 33.9 Å². The van der Waals surface area contributed by atoms with E-state index in [0.29, 0.717) is 19.0 Å². The summed E-state index contributed by atoms with van der Waals surface area (Å²) in [6.07, 6.45) is 5.92. The minimum atomic E-state index is -0.298. The van der Waals surface area contributed by atoms with Crippen LogP contribution >= 0.6 is 0 Å². The van der Waals surface area contributed by atoms with Gasteiger partial charge in [-0.1, -0.05) is 12.1 Å². The van der Waals surface area contributed by atoms with Crippen molar-refractivity contribution in [2.24, 2.45) is 0 Å². The zero-order chi connectivity index (χ0) is 16.5. The molecule has 2 heterocycles. The lowest BCUT2D eigenvalue weighted by Gasteiger charge is -2.20. The van der Waals surface area contributed by atoms with Gasteiger partial charge < -0.3 is 4.90 Å². The summed E-state index contributed by atoms with van der Waals surface area (Å²) in [4.78, 5) is 23.4. The fourth-order valence-electron chi connectivity index (χ4n) is 3.44. The van der Waals surface area contributed by atoms with Gasteiger partial charge in [0.05, 0.1) is 12.1 Å². The zero-order valence-corrected chi connectivity index (χ0v) is 13.5. The van der Waals surface area contributed by atoms with Gasteiger partial charge in [0, 0.05) is 31.1 Å². The molecule has 4 rings (SSSR count). The summed E-state index contributed by atoms with van der Waals surface area (Å²) >= 11 is 0. The first-order valence-corrected chi connectivity index (χ1v) is 8.55. The molecule has 2 aliphatic rings. The number of benzene rings is 1. The third-order valence-electron chi connectivity index (χ3n) is 4.88. The number of halogens is 1. The van der Waals surface area contributed by atoms with E-state index in [0.717, 1.165) is 24.1 Å². The van der Waals surface area contributed by atoms with E-state index in [1.807, 2.05) is 4.90 Å². The Balaban J connectivity index is 1.47. The number of hydrogen-bond donors (Lipinski definition) is 0. The molecule has 0 saturated heterocycles. The number of aromatic nitrogens is 2. The number of fused-ring (bicyclic) bond motifs is 1. The summed E-state index contributed by atoms with van der Waals surface area (Å²) in [7, 11) is 0. The van der Waals surface area contributed by atoms with Crippen molar-refractivity contribution in [1.29, 1.82) is 0 Å². The van der Waals surface area contributed by atoms with Gasteiger partial charge >= 0.3 is 0 Å². The maximum atomic E-state index is 13.3. The molecular formula is C19H20FN3O. The minimum Gasteiger partial charge on any atom is -0.342 e. The van der Waals surface area contributed by atoms with E-state index in [4.69, 9.17) is 0 Å². The van der Waals surface area contributed by atoms with Crippen molar-refractivity contribution in [3.8, 4) is 0 Å². The Labute approximate surface area is 140 Å². The number of amides is 1. The van der Waals surface area contributed by atoms with Gasteiger partial charge in [0.1, 0.15) is 12.1 Å². The summed E-state index contributed by atoms with van der Waals surface area (Å²) in [5, 5.41) is 0. The molecule has 0 radical (unpaired) electrons. The Bertz CT molecular complexity index is 773. The summed E-state index contributed by atoms with van der Waals surface area (Å²) in [5.74, 6) is 0.346. The van der Waals surface area contributed by atoms with Gasteiger partial charge in [0.15, 0.2) is 0 Å². The quantitative estimate of drug-likeness (QED) is 0.871. The molecule has 1 amide bonds. The first-order valence-electron chi connectivity index (χ1n) is 8.55. The third kappa shape index (κ3) is 3.16. The highest BCUT2D eigenvalue weighted by Crippen LogP contribution is 2.41. The van der Waals surface area contributed by atoms with Crippen molar-refractivity contribution in [1.82, 2.24) is 14.9 Å². The molecule has 0 spiro atoms. The van der Waals surface area contributed by atoms with E-state index in [9.17, 15) is 9.18 Å². The van der Waals surface area contributed by atoms with E-state index in [-0.39, 0.29) is 18.1 Å². The topological polar surface area (TPSA) is 46.1 Å². The normalized spacial score (nSPS) is 17.3. The number of hydrogen-bond acceptors (Lipinski definition) is 3. The molecule has 0 N–H and O–H groups in total. The Hall–Kier alpha value is -2.30. The second-order valence-corrected chi connectivity index (χ2v) is 6.65. The second-order valence-electron chi connectivity index (χ2n) is 6.65. The van der Waals surface area contributed by atoms with Gasteiger partial charge in [-0.15, -0.1) is 0 Å². The lowest BCUT2D eigenvalue weighted by molar-refractivity contribution is -0.130. The Morgan fingerprint density at radius 3 is 2.83 bits per heavy atom. The summed E-state index contributed by atoms with van der Waals surface area (Å²) in [6, 6.07) is 6.27. The maximum absolute atomic E-state index is 13.3. The Kier molecular flexibility index (Phi) is 4.00. The molecule has 24 heavy (non-hydrogen) atoms. The molecule has 0 bridgehead atoms. The van der Waals surface area contributed by atoms with E-state index in [2.05, 4.69) is 9.97 Å². The highest BCUT2D eigenvalue weighted by Gasteiger charge is 2.30. The molecule has 1 aliphatic heterocycles. The van der Waals surface area contributed by atoms with Crippen LogP contribution in [-0.2, 0) is 24.1 Å². The van der Waals surface area contributed by atoms with Crippen molar-refractivity contribution in [2.45, 2.75) is 38.0 Å². The lowest BCUT2D eigenvalue weighted by atomic mass is 10.0. The van der Waals surface area contributed by atoms with Gasteiger partial charge in [-0.25, -0.2) is 14.4 Å². The summed E-state index contributed by atoms with van der Waals surface area (Å²) in [6.45, 7) is 1.36. The zero-order valence-electron chi connectivity index (χ0n) is 13.5. The molecular weight excluding hydrogens is 305 g/mol. The largest absolute Gasteiger partial charge is 0.342 e. The maximum Gasteiger partial charge on any atom is 0.227 e. The van der Waals surface area contributed by atoms with Crippen molar-refractivity contribution >= 4 is 5.91 Å². The van der Waals surface area contributed by atoms with Crippen molar-refractivity contribution < 1.29 is 9.18 Å². The van der Waals surface area contributed by atoms with Crippen LogP contribution < -0.4 is 0 Å². The van der Waals surface area contributed by atoms with E-state index in [1.54, 1.807) is 18.5 Å². The van der Waals surface area contributed by atoms with Crippen LogP contribution in [0, 0.1) is 5.82 Å². The first-order chi connectivity index (χ1) is 11.7. The summed E-state index contributed by atoms with van der Waals surface area (Å²) < 4.78 is 13.3. The highest BCUT2D eigenvalue weighted by molar-refractivity contribution is 5.78. The molecule has 1 saturated carbocycles. The van der Waals surface area contributed by atoms with Crippen LogP contribution in [0.25, 0.3) is 0 Å². The average molecular weight is 325 g/mol. The molecule has 124 valence electrons. The molecule has 1 aromatic carbocycles. The first kappa shape index (κ1) is 15.2. The van der Waals surface area contributed by atoms with Crippen LogP contribution in [0.3, 0.4) is 0 Å². The van der Waals surface area contributed by atoms with Gasteiger partial charge in [-0.2, -0.15) is 0 Å². The van der Waals surface area contributed by atoms with Crippen LogP contribution in [0.15, 0.2) is 30.6 Å². The molecule has 0 unspecified atom stereocenters. The average Bonchev–Trinajstić information content (AvgIpc) is 3.41. The molecule has 5 heteroatoms. The van der Waals surface area contributed by atoms with Crippen LogP contribution in [0.4, 0.5) is 4.39 Å². The number of rotatable bonds is 3. The van der Waals surface area contributed by atoms with Crippen molar-refractivity contribution in [3.05, 3.63) is 58.9 Å². The van der Waals surface area contributed by atoms with Crippen LogP contribution in [0.1, 0.15) is 41.3 Å². The van der Waals surface area contributed by atoms with Crippen molar-refractivity contribution in [2.75, 3.05) is 13.1 Å².